The number of unbranched alkanes of at least 4 members (excludes halogenated alkanes) is 1. The largest absolute Gasteiger partial charge is 0.0654 e. The predicted octanol–water partition coefficient (Wildman–Crippen LogP) is 4.39. The lowest BCUT2D eigenvalue weighted by molar-refractivity contribution is 0.194. The van der Waals surface area contributed by atoms with E-state index in [0.717, 1.165) is 5.92 Å². The first kappa shape index (κ1) is 10.1. The quantitative estimate of drug-likeness (QED) is 0.584. The Morgan fingerprint density at radius 3 is 2.25 bits per heavy atom. The smallest absolute Gasteiger partial charge is 0.0326 e. The molecule has 1 fully saturated rings. The van der Waals surface area contributed by atoms with Crippen LogP contribution in [-0.2, 0) is 0 Å². The van der Waals surface area contributed by atoms with Gasteiger partial charge in [0.15, 0.2) is 0 Å². The summed E-state index contributed by atoms with van der Waals surface area (Å²) < 4.78 is 0. The Labute approximate surface area is 77.7 Å². The van der Waals surface area contributed by atoms with Crippen molar-refractivity contribution < 1.29 is 0 Å². The minimum Gasteiger partial charge on any atom is -0.0654 e. The summed E-state index contributed by atoms with van der Waals surface area (Å²) in [6.45, 7) is 7.24. The zero-order valence-corrected chi connectivity index (χ0v) is 9.03. The Kier molecular flexibility index (Phi) is 3.61. The maximum Gasteiger partial charge on any atom is -0.0326 e. The molecule has 1 rings (SSSR count). The van der Waals surface area contributed by atoms with E-state index in [0.29, 0.717) is 5.41 Å². The normalized spacial score (nSPS) is 20.2. The molecule has 0 spiro atoms. The second-order valence-electron chi connectivity index (χ2n) is 5.07. The Morgan fingerprint density at radius 2 is 1.75 bits per heavy atom. The van der Waals surface area contributed by atoms with Crippen LogP contribution in [0.5, 0.6) is 0 Å². The number of hydrogen-bond donors (Lipinski definition) is 0. The van der Waals surface area contributed by atoms with Crippen molar-refractivity contribution in [2.45, 2.75) is 65.7 Å². The molecule has 0 aliphatic heterocycles. The van der Waals surface area contributed by atoms with Crippen molar-refractivity contribution in [1.82, 2.24) is 0 Å². The molecule has 0 N–H and O–H groups in total. The maximum absolute atomic E-state index is 2.47. The lowest BCUT2D eigenvalue weighted by Crippen LogP contribution is -2.21. The second kappa shape index (κ2) is 4.30. The van der Waals surface area contributed by atoms with E-state index in [1.54, 1.807) is 0 Å². The monoisotopic (exact) mass is 168 g/mol. The van der Waals surface area contributed by atoms with Gasteiger partial charge in [0.2, 0.25) is 0 Å². The van der Waals surface area contributed by atoms with Crippen molar-refractivity contribution >= 4 is 0 Å². The zero-order chi connectivity index (χ0) is 9.03. The molecule has 0 unspecified atom stereocenters. The van der Waals surface area contributed by atoms with Crippen molar-refractivity contribution in [3.05, 3.63) is 0 Å². The molecule has 1 saturated carbocycles. The first-order valence-corrected chi connectivity index (χ1v) is 5.67. The van der Waals surface area contributed by atoms with Gasteiger partial charge in [-0.1, -0.05) is 46.5 Å². The van der Waals surface area contributed by atoms with Gasteiger partial charge >= 0.3 is 0 Å². The van der Waals surface area contributed by atoms with E-state index >= 15 is 0 Å². The van der Waals surface area contributed by atoms with E-state index in [1.807, 2.05) is 0 Å². The van der Waals surface area contributed by atoms with Crippen LogP contribution in [0.4, 0.5) is 0 Å². The molecule has 0 nitrogen and oxygen atoms in total. The van der Waals surface area contributed by atoms with Crippen LogP contribution in [0, 0.1) is 11.3 Å². The third-order valence-corrected chi connectivity index (χ3v) is 3.64. The second-order valence-corrected chi connectivity index (χ2v) is 5.07. The molecule has 0 bridgehead atoms. The lowest BCUT2D eigenvalue weighted by atomic mass is 9.74. The van der Waals surface area contributed by atoms with Crippen molar-refractivity contribution in [2.75, 3.05) is 0 Å². The molecular formula is C12H24. The molecule has 0 aromatic rings. The Hall–Kier alpha value is 0. The van der Waals surface area contributed by atoms with E-state index in [2.05, 4.69) is 20.8 Å². The molecule has 72 valence electrons. The minimum absolute atomic E-state index is 0.631. The van der Waals surface area contributed by atoms with Gasteiger partial charge in [0, 0.05) is 0 Å². The summed E-state index contributed by atoms with van der Waals surface area (Å²) >= 11 is 0. The SMILES string of the molecule is CCCCC(C)(C)C1CCCC1. The topological polar surface area (TPSA) is 0 Å². The summed E-state index contributed by atoms with van der Waals surface area (Å²) in [5, 5.41) is 0. The predicted molar refractivity (Wildman–Crippen MR) is 55.3 cm³/mol. The molecule has 0 atom stereocenters. The van der Waals surface area contributed by atoms with Gasteiger partial charge in [-0.3, -0.25) is 0 Å². The highest BCUT2D eigenvalue weighted by Crippen LogP contribution is 2.42. The molecule has 0 radical (unpaired) electrons. The highest BCUT2D eigenvalue weighted by molar-refractivity contribution is 4.81. The molecular weight excluding hydrogens is 144 g/mol. The summed E-state index contributed by atoms with van der Waals surface area (Å²) in [6, 6.07) is 0. The van der Waals surface area contributed by atoms with E-state index in [9.17, 15) is 0 Å². The Bertz CT molecular complexity index is 118. The zero-order valence-electron chi connectivity index (χ0n) is 9.03. The fourth-order valence-corrected chi connectivity index (χ4v) is 2.54. The third-order valence-electron chi connectivity index (χ3n) is 3.64. The average Bonchev–Trinajstić information content (AvgIpc) is 2.53. The summed E-state index contributed by atoms with van der Waals surface area (Å²) in [4.78, 5) is 0. The molecule has 1 aliphatic carbocycles. The fourth-order valence-electron chi connectivity index (χ4n) is 2.54. The highest BCUT2D eigenvalue weighted by Gasteiger charge is 2.30. The molecule has 0 amide bonds. The van der Waals surface area contributed by atoms with Crippen LogP contribution in [0.1, 0.15) is 65.7 Å². The van der Waals surface area contributed by atoms with Crippen molar-refractivity contribution in [3.8, 4) is 0 Å². The van der Waals surface area contributed by atoms with E-state index < -0.39 is 0 Å². The Balaban J connectivity index is 2.34. The fraction of sp³-hybridized carbons (Fsp3) is 1.00. The summed E-state index contributed by atoms with van der Waals surface area (Å²) in [6.07, 6.45) is 10.2. The molecule has 0 aromatic heterocycles. The van der Waals surface area contributed by atoms with Crippen LogP contribution in [0.3, 0.4) is 0 Å². The summed E-state index contributed by atoms with van der Waals surface area (Å²) in [5.74, 6) is 1.03. The van der Waals surface area contributed by atoms with Gasteiger partial charge in [0.1, 0.15) is 0 Å². The van der Waals surface area contributed by atoms with E-state index in [-0.39, 0.29) is 0 Å². The van der Waals surface area contributed by atoms with Crippen molar-refractivity contribution in [3.63, 3.8) is 0 Å². The molecule has 0 heterocycles. The average molecular weight is 168 g/mol. The van der Waals surface area contributed by atoms with Gasteiger partial charge in [0.05, 0.1) is 0 Å². The van der Waals surface area contributed by atoms with Crippen LogP contribution in [0.15, 0.2) is 0 Å². The van der Waals surface area contributed by atoms with E-state index in [4.69, 9.17) is 0 Å². The van der Waals surface area contributed by atoms with Gasteiger partial charge in [-0.25, -0.2) is 0 Å². The molecule has 0 saturated heterocycles. The first-order valence-electron chi connectivity index (χ1n) is 5.67. The van der Waals surface area contributed by atoms with Crippen LogP contribution < -0.4 is 0 Å². The Morgan fingerprint density at radius 1 is 1.17 bits per heavy atom. The van der Waals surface area contributed by atoms with Gasteiger partial charge in [-0.2, -0.15) is 0 Å². The van der Waals surface area contributed by atoms with E-state index in [1.165, 1.54) is 44.9 Å². The maximum atomic E-state index is 2.47. The summed E-state index contributed by atoms with van der Waals surface area (Å²) in [7, 11) is 0. The standard InChI is InChI=1S/C12H24/c1-4-5-10-12(2,3)11-8-6-7-9-11/h11H,4-10H2,1-3H3. The van der Waals surface area contributed by atoms with Gasteiger partial charge in [0.25, 0.3) is 0 Å². The third kappa shape index (κ3) is 2.50. The van der Waals surface area contributed by atoms with Gasteiger partial charge in [-0.05, 0) is 30.6 Å². The molecule has 0 aromatic carbocycles. The van der Waals surface area contributed by atoms with Gasteiger partial charge < -0.3 is 0 Å². The minimum atomic E-state index is 0.631. The van der Waals surface area contributed by atoms with Crippen LogP contribution >= 0.6 is 0 Å². The highest BCUT2D eigenvalue weighted by atomic mass is 14.4. The lowest BCUT2D eigenvalue weighted by Gasteiger charge is -2.31. The summed E-state index contributed by atoms with van der Waals surface area (Å²) in [5.41, 5.74) is 0.631. The molecule has 12 heavy (non-hydrogen) atoms. The van der Waals surface area contributed by atoms with Crippen LogP contribution in [-0.4, -0.2) is 0 Å². The van der Waals surface area contributed by atoms with Gasteiger partial charge in [-0.15, -0.1) is 0 Å². The first-order chi connectivity index (χ1) is 5.67. The number of rotatable bonds is 4. The van der Waals surface area contributed by atoms with Crippen LogP contribution in [0.25, 0.3) is 0 Å². The molecule has 0 heteroatoms. The van der Waals surface area contributed by atoms with Crippen LogP contribution in [0.2, 0.25) is 0 Å². The number of hydrogen-bond acceptors (Lipinski definition) is 0. The van der Waals surface area contributed by atoms with Crippen molar-refractivity contribution in [2.24, 2.45) is 11.3 Å². The van der Waals surface area contributed by atoms with Crippen molar-refractivity contribution in [1.29, 1.82) is 0 Å². The molecule has 1 aliphatic rings.